The van der Waals surface area contributed by atoms with Crippen molar-refractivity contribution in [1.82, 2.24) is 0 Å². The molecule has 0 bridgehead atoms. The van der Waals surface area contributed by atoms with E-state index in [9.17, 15) is 4.79 Å². The maximum absolute atomic E-state index is 11.9. The number of rotatable bonds is 3. The minimum absolute atomic E-state index is 0.382. The molecular formula is C22H15O. The quantitative estimate of drug-likeness (QED) is 0.505. The Bertz CT molecular complexity index is 911. The number of fused-ring (bicyclic) bond motifs is 2. The number of benzene rings is 4. The third kappa shape index (κ3) is 2.31. The molecule has 0 atom stereocenters. The van der Waals surface area contributed by atoms with Gasteiger partial charge in [-0.3, -0.25) is 4.79 Å². The van der Waals surface area contributed by atoms with Gasteiger partial charge < -0.3 is 0 Å². The van der Waals surface area contributed by atoms with Crippen molar-refractivity contribution >= 4 is 27.8 Å². The van der Waals surface area contributed by atoms with E-state index in [-0.39, 0.29) is 5.92 Å². The Morgan fingerprint density at radius 3 is 1.48 bits per heavy atom. The lowest BCUT2D eigenvalue weighted by Gasteiger charge is -2.16. The molecule has 0 heterocycles. The molecule has 1 radical (unpaired) electrons. The summed E-state index contributed by atoms with van der Waals surface area (Å²) in [6.45, 7) is 0. The smallest absolute Gasteiger partial charge is 0.211 e. The Morgan fingerprint density at radius 1 is 0.565 bits per heavy atom. The van der Waals surface area contributed by atoms with Crippen LogP contribution in [-0.2, 0) is 4.79 Å². The predicted octanol–water partition coefficient (Wildman–Crippen LogP) is 5.23. The molecule has 1 heteroatoms. The first-order valence-electron chi connectivity index (χ1n) is 7.71. The molecule has 0 saturated heterocycles. The van der Waals surface area contributed by atoms with E-state index in [1.165, 1.54) is 0 Å². The number of hydrogen-bond donors (Lipinski definition) is 0. The van der Waals surface area contributed by atoms with E-state index in [0.717, 1.165) is 32.7 Å². The number of carbonyl (C=O) groups excluding carboxylic acids is 1. The van der Waals surface area contributed by atoms with Gasteiger partial charge in [-0.05, 0) is 32.7 Å². The molecule has 0 fully saturated rings. The van der Waals surface area contributed by atoms with Crippen molar-refractivity contribution in [2.45, 2.75) is 5.92 Å². The fraction of sp³-hybridized carbons (Fsp3) is 0.0455. The summed E-state index contributed by atoms with van der Waals surface area (Å²) >= 11 is 0. The zero-order valence-electron chi connectivity index (χ0n) is 12.6. The zero-order chi connectivity index (χ0) is 15.6. The Labute approximate surface area is 135 Å². The van der Waals surface area contributed by atoms with Gasteiger partial charge in [0.15, 0.2) is 0 Å². The molecule has 1 nitrogen and oxygen atoms in total. The maximum Gasteiger partial charge on any atom is 0.211 e. The first-order valence-corrected chi connectivity index (χ1v) is 7.71. The van der Waals surface area contributed by atoms with Gasteiger partial charge in [0.05, 0.1) is 5.92 Å². The molecular weight excluding hydrogens is 280 g/mol. The van der Waals surface area contributed by atoms with Gasteiger partial charge in [0.2, 0.25) is 6.29 Å². The van der Waals surface area contributed by atoms with Crippen LogP contribution in [0.2, 0.25) is 0 Å². The van der Waals surface area contributed by atoms with Crippen molar-refractivity contribution in [2.75, 3.05) is 0 Å². The average molecular weight is 295 g/mol. The molecule has 0 aliphatic heterocycles. The fourth-order valence-corrected chi connectivity index (χ4v) is 3.30. The van der Waals surface area contributed by atoms with Crippen LogP contribution in [0.1, 0.15) is 17.0 Å². The highest BCUT2D eigenvalue weighted by Gasteiger charge is 2.18. The average Bonchev–Trinajstić information content (AvgIpc) is 2.63. The zero-order valence-corrected chi connectivity index (χ0v) is 12.6. The van der Waals surface area contributed by atoms with Gasteiger partial charge in [0, 0.05) is 0 Å². The Balaban J connectivity index is 1.99. The van der Waals surface area contributed by atoms with Gasteiger partial charge in [-0.2, -0.15) is 0 Å². The summed E-state index contributed by atoms with van der Waals surface area (Å²) in [4.78, 5) is 11.9. The molecule has 4 aromatic rings. The van der Waals surface area contributed by atoms with Crippen molar-refractivity contribution < 1.29 is 4.79 Å². The Hall–Kier alpha value is -2.93. The molecule has 4 aromatic carbocycles. The standard InChI is InChI=1S/C22H15O/c23-15-22(20-13-5-9-16-7-1-3-11-18(16)20)21-14-6-10-17-8-2-4-12-19(17)21/h1-14,22H. The van der Waals surface area contributed by atoms with Gasteiger partial charge >= 0.3 is 0 Å². The third-order valence-corrected chi connectivity index (χ3v) is 4.39. The highest BCUT2D eigenvalue weighted by atomic mass is 16.1. The van der Waals surface area contributed by atoms with Crippen LogP contribution in [0.4, 0.5) is 0 Å². The summed E-state index contributed by atoms with van der Waals surface area (Å²) in [7, 11) is 0. The van der Waals surface area contributed by atoms with Crippen LogP contribution in [0.25, 0.3) is 21.5 Å². The molecule has 4 rings (SSSR count). The van der Waals surface area contributed by atoms with E-state index in [1.807, 2.05) is 48.5 Å². The van der Waals surface area contributed by atoms with E-state index >= 15 is 0 Å². The molecule has 23 heavy (non-hydrogen) atoms. The van der Waals surface area contributed by atoms with E-state index in [4.69, 9.17) is 0 Å². The second-order valence-electron chi connectivity index (χ2n) is 5.69. The second-order valence-corrected chi connectivity index (χ2v) is 5.69. The van der Waals surface area contributed by atoms with Gasteiger partial charge in [-0.25, -0.2) is 0 Å². The molecule has 0 unspecified atom stereocenters. The van der Waals surface area contributed by atoms with E-state index < -0.39 is 0 Å². The third-order valence-electron chi connectivity index (χ3n) is 4.39. The molecule has 0 amide bonds. The summed E-state index contributed by atoms with van der Waals surface area (Å²) in [6, 6.07) is 28.6. The minimum atomic E-state index is -0.382. The molecule has 0 saturated carbocycles. The highest BCUT2D eigenvalue weighted by molar-refractivity contribution is 5.94. The van der Waals surface area contributed by atoms with Gasteiger partial charge in [-0.15, -0.1) is 0 Å². The molecule has 0 N–H and O–H groups in total. The molecule has 0 aromatic heterocycles. The highest BCUT2D eigenvalue weighted by Crippen LogP contribution is 2.33. The topological polar surface area (TPSA) is 17.1 Å². The minimum Gasteiger partial charge on any atom is -0.290 e. The lowest BCUT2D eigenvalue weighted by atomic mass is 9.86. The van der Waals surface area contributed by atoms with Crippen LogP contribution in [0.3, 0.4) is 0 Å². The SMILES string of the molecule is O=[C]C(c1cccc2ccccc12)c1cccc2ccccc12. The summed E-state index contributed by atoms with van der Waals surface area (Å²) < 4.78 is 0. The van der Waals surface area contributed by atoms with Crippen molar-refractivity contribution in [3.05, 3.63) is 96.1 Å². The number of hydrogen-bond acceptors (Lipinski definition) is 1. The molecule has 0 aliphatic carbocycles. The summed E-state index contributed by atoms with van der Waals surface area (Å²) in [5, 5.41) is 4.50. The van der Waals surface area contributed by atoms with Crippen molar-refractivity contribution in [2.24, 2.45) is 0 Å². The van der Waals surface area contributed by atoms with Crippen LogP contribution in [-0.4, -0.2) is 6.29 Å². The Kier molecular flexibility index (Phi) is 3.39. The predicted molar refractivity (Wildman–Crippen MR) is 95.4 cm³/mol. The van der Waals surface area contributed by atoms with E-state index in [2.05, 4.69) is 42.7 Å². The van der Waals surface area contributed by atoms with Gasteiger partial charge in [0.25, 0.3) is 0 Å². The van der Waals surface area contributed by atoms with Crippen molar-refractivity contribution in [3.8, 4) is 0 Å². The van der Waals surface area contributed by atoms with Crippen LogP contribution in [0, 0.1) is 0 Å². The first-order chi connectivity index (χ1) is 11.4. The van der Waals surface area contributed by atoms with E-state index in [0.29, 0.717) is 0 Å². The lowest BCUT2D eigenvalue weighted by Crippen LogP contribution is -2.04. The fourth-order valence-electron chi connectivity index (χ4n) is 3.30. The summed E-state index contributed by atoms with van der Waals surface area (Å²) in [6.07, 6.45) is 2.27. The van der Waals surface area contributed by atoms with Crippen molar-refractivity contribution in [3.63, 3.8) is 0 Å². The molecule has 0 spiro atoms. The summed E-state index contributed by atoms with van der Waals surface area (Å²) in [5.41, 5.74) is 2.02. The molecule has 0 aliphatic rings. The van der Waals surface area contributed by atoms with Gasteiger partial charge in [0.1, 0.15) is 0 Å². The monoisotopic (exact) mass is 295 g/mol. The molecule has 109 valence electrons. The maximum atomic E-state index is 11.9. The normalized spacial score (nSPS) is 11.2. The van der Waals surface area contributed by atoms with Crippen LogP contribution in [0.15, 0.2) is 84.9 Å². The van der Waals surface area contributed by atoms with E-state index in [1.54, 1.807) is 0 Å². The second kappa shape index (κ2) is 5.69. The first kappa shape index (κ1) is 13.7. The van der Waals surface area contributed by atoms with Crippen LogP contribution < -0.4 is 0 Å². The Morgan fingerprint density at radius 2 is 1.00 bits per heavy atom. The largest absolute Gasteiger partial charge is 0.290 e. The van der Waals surface area contributed by atoms with Gasteiger partial charge in [-0.1, -0.05) is 84.9 Å². The lowest BCUT2D eigenvalue weighted by molar-refractivity contribution is 0.550. The summed E-state index contributed by atoms with van der Waals surface area (Å²) in [5.74, 6) is -0.382. The van der Waals surface area contributed by atoms with Crippen LogP contribution in [0.5, 0.6) is 0 Å². The van der Waals surface area contributed by atoms with Crippen molar-refractivity contribution in [1.29, 1.82) is 0 Å². The van der Waals surface area contributed by atoms with Crippen LogP contribution >= 0.6 is 0 Å².